The standard InChI is InChI=1S/C11H18N2O4S3/c1-9-8-19(14,15)6-4-13(9)20(16,17)11-3-5-18-10(11)7-12-2/h3,5,9,12H,4,6-8H2,1-2H3. The Morgan fingerprint density at radius 3 is 2.80 bits per heavy atom. The molecule has 1 aromatic rings. The van der Waals surface area contributed by atoms with Crippen molar-refractivity contribution in [2.75, 3.05) is 25.1 Å². The molecule has 0 bridgehead atoms. The van der Waals surface area contributed by atoms with Crippen molar-refractivity contribution < 1.29 is 16.8 Å². The minimum Gasteiger partial charge on any atom is -0.315 e. The summed E-state index contributed by atoms with van der Waals surface area (Å²) in [6.45, 7) is 2.14. The average Bonchev–Trinajstić information content (AvgIpc) is 2.76. The molecule has 1 fully saturated rings. The number of rotatable bonds is 4. The van der Waals surface area contributed by atoms with Crippen molar-refractivity contribution in [3.05, 3.63) is 16.3 Å². The second-order valence-electron chi connectivity index (χ2n) is 4.82. The lowest BCUT2D eigenvalue weighted by Crippen LogP contribution is -2.49. The Kier molecular flexibility index (Phi) is 4.55. The average molecular weight is 338 g/mol. The zero-order chi connectivity index (χ0) is 15.0. The first-order valence-corrected chi connectivity index (χ1v) is 10.4. The molecule has 1 unspecified atom stereocenters. The molecule has 0 aromatic carbocycles. The van der Waals surface area contributed by atoms with Gasteiger partial charge in [0.1, 0.15) is 0 Å². The van der Waals surface area contributed by atoms with Gasteiger partial charge in [0.25, 0.3) is 0 Å². The van der Waals surface area contributed by atoms with Gasteiger partial charge in [-0.05, 0) is 25.4 Å². The first-order chi connectivity index (χ1) is 9.28. The molecule has 0 aliphatic carbocycles. The SMILES string of the molecule is CNCc1sccc1S(=O)(=O)N1CCS(=O)(=O)CC1C. The van der Waals surface area contributed by atoms with Gasteiger partial charge < -0.3 is 5.32 Å². The summed E-state index contributed by atoms with van der Waals surface area (Å²) >= 11 is 1.38. The van der Waals surface area contributed by atoms with Crippen LogP contribution in [-0.4, -0.2) is 52.3 Å². The number of thiophene rings is 1. The number of nitrogens with zero attached hydrogens (tertiary/aromatic N) is 1. The summed E-state index contributed by atoms with van der Waals surface area (Å²) in [6, 6.07) is 1.06. The Hall–Kier alpha value is -0.480. The summed E-state index contributed by atoms with van der Waals surface area (Å²) < 4.78 is 49.8. The van der Waals surface area contributed by atoms with Crippen LogP contribution < -0.4 is 5.32 Å². The molecule has 2 heterocycles. The zero-order valence-corrected chi connectivity index (χ0v) is 13.8. The second kappa shape index (κ2) is 5.72. The minimum atomic E-state index is -3.63. The Labute approximate surface area is 123 Å². The van der Waals surface area contributed by atoms with Crippen molar-refractivity contribution in [1.29, 1.82) is 0 Å². The van der Waals surface area contributed by atoms with Gasteiger partial charge in [0.05, 0.1) is 16.4 Å². The highest BCUT2D eigenvalue weighted by Gasteiger charge is 2.37. The molecule has 9 heteroatoms. The van der Waals surface area contributed by atoms with E-state index in [1.807, 2.05) is 0 Å². The van der Waals surface area contributed by atoms with Crippen LogP contribution in [0.15, 0.2) is 16.3 Å². The quantitative estimate of drug-likeness (QED) is 0.852. The highest BCUT2D eigenvalue weighted by molar-refractivity contribution is 7.92. The van der Waals surface area contributed by atoms with Gasteiger partial charge in [0.15, 0.2) is 9.84 Å². The van der Waals surface area contributed by atoms with Gasteiger partial charge in [0, 0.05) is 24.0 Å². The summed E-state index contributed by atoms with van der Waals surface area (Å²) in [5.74, 6) is -0.222. The fourth-order valence-corrected chi connectivity index (χ4v) is 7.14. The molecule has 0 radical (unpaired) electrons. The molecule has 20 heavy (non-hydrogen) atoms. The van der Waals surface area contributed by atoms with E-state index in [-0.39, 0.29) is 22.9 Å². The van der Waals surface area contributed by atoms with Gasteiger partial charge in [-0.25, -0.2) is 16.8 Å². The van der Waals surface area contributed by atoms with E-state index in [1.165, 1.54) is 15.6 Å². The third-order valence-corrected chi connectivity index (χ3v) is 8.18. The van der Waals surface area contributed by atoms with E-state index in [2.05, 4.69) is 5.32 Å². The molecular formula is C11H18N2O4S3. The number of nitrogens with one attached hydrogen (secondary N) is 1. The number of sulfonamides is 1. The number of hydrogen-bond acceptors (Lipinski definition) is 6. The lowest BCUT2D eigenvalue weighted by Gasteiger charge is -2.32. The molecule has 0 spiro atoms. The van der Waals surface area contributed by atoms with E-state index < -0.39 is 25.9 Å². The summed E-state index contributed by atoms with van der Waals surface area (Å²) in [5.41, 5.74) is 0. The van der Waals surface area contributed by atoms with E-state index in [4.69, 9.17) is 0 Å². The first kappa shape index (κ1) is 15.9. The molecule has 1 N–H and O–H groups in total. The van der Waals surface area contributed by atoms with Crippen molar-refractivity contribution in [1.82, 2.24) is 9.62 Å². The molecular weight excluding hydrogens is 320 g/mol. The Morgan fingerprint density at radius 1 is 1.50 bits per heavy atom. The number of hydrogen-bond donors (Lipinski definition) is 1. The van der Waals surface area contributed by atoms with Crippen LogP contribution in [0.3, 0.4) is 0 Å². The van der Waals surface area contributed by atoms with Gasteiger partial charge in [-0.15, -0.1) is 11.3 Å². The van der Waals surface area contributed by atoms with Crippen LogP contribution in [0.5, 0.6) is 0 Å². The molecule has 1 aliphatic rings. The van der Waals surface area contributed by atoms with E-state index in [1.54, 1.807) is 25.4 Å². The van der Waals surface area contributed by atoms with Crippen molar-refractivity contribution in [3.63, 3.8) is 0 Å². The molecule has 1 atom stereocenters. The Balaban J connectivity index is 2.33. The first-order valence-electron chi connectivity index (χ1n) is 6.21. The van der Waals surface area contributed by atoms with Crippen LogP contribution in [0.4, 0.5) is 0 Å². The highest BCUT2D eigenvalue weighted by Crippen LogP contribution is 2.28. The van der Waals surface area contributed by atoms with Gasteiger partial charge in [0.2, 0.25) is 10.0 Å². The molecule has 1 aliphatic heterocycles. The minimum absolute atomic E-state index is 0.0284. The normalized spacial score (nSPS) is 23.8. The largest absolute Gasteiger partial charge is 0.315 e. The van der Waals surface area contributed by atoms with Crippen molar-refractivity contribution in [2.45, 2.75) is 24.4 Å². The van der Waals surface area contributed by atoms with E-state index in [0.717, 1.165) is 4.88 Å². The van der Waals surface area contributed by atoms with Crippen molar-refractivity contribution >= 4 is 31.2 Å². The predicted octanol–water partition coefficient (Wildman–Crippen LogP) is 0.275. The van der Waals surface area contributed by atoms with Crippen molar-refractivity contribution in [2.24, 2.45) is 0 Å². The smallest absolute Gasteiger partial charge is 0.244 e. The monoisotopic (exact) mass is 338 g/mol. The lowest BCUT2D eigenvalue weighted by molar-refractivity contribution is 0.356. The maximum atomic E-state index is 12.7. The van der Waals surface area contributed by atoms with Gasteiger partial charge in [-0.3, -0.25) is 0 Å². The van der Waals surface area contributed by atoms with Gasteiger partial charge >= 0.3 is 0 Å². The van der Waals surface area contributed by atoms with Crippen LogP contribution in [-0.2, 0) is 26.4 Å². The molecule has 0 amide bonds. The zero-order valence-electron chi connectivity index (χ0n) is 11.4. The molecule has 1 aromatic heterocycles. The van der Waals surface area contributed by atoms with Crippen molar-refractivity contribution in [3.8, 4) is 0 Å². The third-order valence-electron chi connectivity index (χ3n) is 3.24. The van der Waals surface area contributed by atoms with Gasteiger partial charge in [-0.1, -0.05) is 0 Å². The van der Waals surface area contributed by atoms with Gasteiger partial charge in [-0.2, -0.15) is 4.31 Å². The summed E-state index contributed by atoms with van der Waals surface area (Å²) in [6.07, 6.45) is 0. The van der Waals surface area contributed by atoms with E-state index in [9.17, 15) is 16.8 Å². The Morgan fingerprint density at radius 2 is 2.20 bits per heavy atom. The topological polar surface area (TPSA) is 83.6 Å². The Bertz CT molecular complexity index is 678. The maximum absolute atomic E-state index is 12.7. The molecule has 6 nitrogen and oxygen atoms in total. The van der Waals surface area contributed by atoms with Crippen LogP contribution in [0.2, 0.25) is 0 Å². The fraction of sp³-hybridized carbons (Fsp3) is 0.636. The molecule has 1 saturated heterocycles. The number of sulfone groups is 1. The predicted molar refractivity (Wildman–Crippen MR) is 79.1 cm³/mol. The molecule has 2 rings (SSSR count). The van der Waals surface area contributed by atoms with E-state index in [0.29, 0.717) is 6.54 Å². The molecule has 114 valence electrons. The third kappa shape index (κ3) is 3.06. The summed E-state index contributed by atoms with van der Waals surface area (Å²) in [7, 11) is -5.01. The summed E-state index contributed by atoms with van der Waals surface area (Å²) in [4.78, 5) is 1.02. The van der Waals surface area contributed by atoms with Crippen LogP contribution in [0.1, 0.15) is 11.8 Å². The van der Waals surface area contributed by atoms with Crippen LogP contribution >= 0.6 is 11.3 Å². The highest BCUT2D eigenvalue weighted by atomic mass is 32.2. The van der Waals surface area contributed by atoms with Crippen LogP contribution in [0.25, 0.3) is 0 Å². The lowest BCUT2D eigenvalue weighted by atomic mass is 10.4. The maximum Gasteiger partial charge on any atom is 0.244 e. The second-order valence-corrected chi connectivity index (χ2v) is 9.91. The fourth-order valence-electron chi connectivity index (χ4n) is 2.31. The van der Waals surface area contributed by atoms with E-state index >= 15 is 0 Å². The van der Waals surface area contributed by atoms with Crippen LogP contribution in [0, 0.1) is 0 Å². The summed E-state index contributed by atoms with van der Waals surface area (Å²) in [5, 5.41) is 4.68. The molecule has 0 saturated carbocycles.